The zero-order valence-corrected chi connectivity index (χ0v) is 14.5. The third-order valence-corrected chi connectivity index (χ3v) is 2.89. The average molecular weight is 402 g/mol. The Morgan fingerprint density at radius 2 is 1.68 bits per heavy atom. The first-order valence-electron chi connectivity index (χ1n) is 7.76. The lowest BCUT2D eigenvalue weighted by Crippen LogP contribution is -2.33. The summed E-state index contributed by atoms with van der Waals surface area (Å²) in [4.78, 5) is 78.0. The molecule has 154 valence electrons. The summed E-state index contributed by atoms with van der Waals surface area (Å²) in [6.07, 6.45) is -0.287. The first kappa shape index (κ1) is 22.4. The quantitative estimate of drug-likeness (QED) is 0.139. The molecule has 6 N–H and O–H groups in total. The lowest BCUT2D eigenvalue weighted by atomic mass is 10.2. The number of ether oxygens (including phenoxy) is 1. The van der Waals surface area contributed by atoms with Crippen LogP contribution in [0, 0.1) is 0 Å². The van der Waals surface area contributed by atoms with Gasteiger partial charge >= 0.3 is 29.8 Å². The third-order valence-electron chi connectivity index (χ3n) is 2.89. The highest BCUT2D eigenvalue weighted by Gasteiger charge is 2.26. The Labute approximate surface area is 157 Å². The molecule has 0 saturated heterocycles. The smallest absolute Gasteiger partial charge is 0.417 e. The van der Waals surface area contributed by atoms with E-state index in [1.807, 2.05) is 0 Å². The molecule has 28 heavy (non-hydrogen) atoms. The van der Waals surface area contributed by atoms with Crippen LogP contribution in [0.1, 0.15) is 25.7 Å². The predicted octanol–water partition coefficient (Wildman–Crippen LogP) is -2.41. The van der Waals surface area contributed by atoms with Crippen molar-refractivity contribution in [1.29, 1.82) is 0 Å². The van der Waals surface area contributed by atoms with E-state index in [1.54, 1.807) is 0 Å². The maximum atomic E-state index is 12.0. The second kappa shape index (κ2) is 11.1. The van der Waals surface area contributed by atoms with E-state index in [-0.39, 0.29) is 18.9 Å². The molecule has 0 amide bonds. The summed E-state index contributed by atoms with van der Waals surface area (Å²) in [5, 5.41) is 0. The molecule has 0 radical (unpaired) electrons. The lowest BCUT2D eigenvalue weighted by molar-refractivity contribution is -0.262. The molecular formula is C14H18N4O10. The van der Waals surface area contributed by atoms with E-state index in [4.69, 9.17) is 17.2 Å². The SMILES string of the molecule is NC(N)=NCCC[C@H](N)C(=O)O/C1=C/C(=O)OOC(=O)CCC(=O)OOC1=O. The summed E-state index contributed by atoms with van der Waals surface area (Å²) in [7, 11) is 0. The third kappa shape index (κ3) is 8.61. The number of aliphatic imine (C=N–C) groups is 1. The molecule has 1 aliphatic heterocycles. The molecule has 0 spiro atoms. The Morgan fingerprint density at radius 3 is 2.29 bits per heavy atom. The molecule has 0 aromatic carbocycles. The summed E-state index contributed by atoms with van der Waals surface area (Å²) < 4.78 is 4.68. The number of nitrogens with zero attached hydrogens (tertiary/aromatic N) is 1. The fourth-order valence-electron chi connectivity index (χ4n) is 1.58. The maximum Gasteiger partial charge on any atom is 0.421 e. The number of guanidine groups is 1. The molecule has 1 atom stereocenters. The van der Waals surface area contributed by atoms with Gasteiger partial charge in [0.2, 0.25) is 5.76 Å². The molecule has 0 aromatic heterocycles. The van der Waals surface area contributed by atoms with Gasteiger partial charge in [-0.25, -0.2) is 43.5 Å². The van der Waals surface area contributed by atoms with E-state index >= 15 is 0 Å². The van der Waals surface area contributed by atoms with Gasteiger partial charge in [-0.3, -0.25) is 4.99 Å². The van der Waals surface area contributed by atoms with E-state index in [2.05, 4.69) is 29.3 Å². The number of carbonyl (C=O) groups is 5. The van der Waals surface area contributed by atoms with Crippen LogP contribution in [0.15, 0.2) is 16.8 Å². The molecule has 1 aliphatic rings. The van der Waals surface area contributed by atoms with Gasteiger partial charge in [-0.2, -0.15) is 0 Å². The number of hydrogen-bond acceptors (Lipinski definition) is 12. The van der Waals surface area contributed by atoms with E-state index in [1.165, 1.54) is 0 Å². The minimum atomic E-state index is -1.50. The van der Waals surface area contributed by atoms with Crippen LogP contribution in [-0.4, -0.2) is 48.4 Å². The van der Waals surface area contributed by atoms with Crippen LogP contribution >= 0.6 is 0 Å². The van der Waals surface area contributed by atoms with Crippen molar-refractivity contribution in [3.63, 3.8) is 0 Å². The Kier molecular flexibility index (Phi) is 8.88. The van der Waals surface area contributed by atoms with Crippen molar-refractivity contribution >= 4 is 35.8 Å². The summed E-state index contributed by atoms with van der Waals surface area (Å²) in [5.41, 5.74) is 15.9. The molecule has 0 fully saturated rings. The minimum Gasteiger partial charge on any atom is -0.417 e. The van der Waals surface area contributed by atoms with Gasteiger partial charge in [0.25, 0.3) is 0 Å². The van der Waals surface area contributed by atoms with Gasteiger partial charge in [-0.15, -0.1) is 0 Å². The molecule has 0 unspecified atom stereocenters. The number of rotatable bonds is 6. The topological polar surface area (TPSA) is 222 Å². The van der Waals surface area contributed by atoms with Crippen molar-refractivity contribution in [3.05, 3.63) is 11.8 Å². The van der Waals surface area contributed by atoms with E-state index < -0.39 is 54.5 Å². The van der Waals surface area contributed by atoms with E-state index in [9.17, 15) is 24.0 Å². The number of hydrogen-bond donors (Lipinski definition) is 3. The van der Waals surface area contributed by atoms with Gasteiger partial charge in [-0.05, 0) is 12.8 Å². The summed E-state index contributed by atoms with van der Waals surface area (Å²) >= 11 is 0. The Hall–Kier alpha value is -3.68. The van der Waals surface area contributed by atoms with Crippen LogP contribution < -0.4 is 17.2 Å². The number of esters is 1. The van der Waals surface area contributed by atoms with E-state index in [0.717, 1.165) is 0 Å². The van der Waals surface area contributed by atoms with Crippen molar-refractivity contribution in [2.75, 3.05) is 6.54 Å². The van der Waals surface area contributed by atoms with Crippen molar-refractivity contribution in [3.8, 4) is 0 Å². The van der Waals surface area contributed by atoms with Crippen LogP contribution in [-0.2, 0) is 48.3 Å². The van der Waals surface area contributed by atoms with Crippen LogP contribution in [0.4, 0.5) is 0 Å². The van der Waals surface area contributed by atoms with Crippen molar-refractivity contribution in [2.45, 2.75) is 31.7 Å². The van der Waals surface area contributed by atoms with Gasteiger partial charge in [-0.1, -0.05) is 0 Å². The monoisotopic (exact) mass is 402 g/mol. The van der Waals surface area contributed by atoms with Crippen LogP contribution in [0.3, 0.4) is 0 Å². The van der Waals surface area contributed by atoms with Crippen molar-refractivity contribution in [2.24, 2.45) is 22.2 Å². The van der Waals surface area contributed by atoms with Gasteiger partial charge < -0.3 is 21.9 Å². The zero-order chi connectivity index (χ0) is 21.1. The molecule has 0 saturated carbocycles. The fraction of sp³-hybridized carbons (Fsp3) is 0.429. The molecule has 0 aromatic rings. The standard InChI is InChI=1S/C14H18N4O10/c15-7(2-1-5-18-14(16)17)12(22)24-8-6-11(21)27-25-9(19)3-4-10(20)26-28-13(8)23/h6-7H,1-5,15H2,(H4,16,17,18)/b8-6+/t7-/m0/s1. The van der Waals surface area contributed by atoms with Gasteiger partial charge in [0, 0.05) is 6.54 Å². The Bertz CT molecular complexity index is 698. The summed E-state index contributed by atoms with van der Waals surface area (Å²) in [5.74, 6) is -7.30. The molecular weight excluding hydrogens is 384 g/mol. The summed E-state index contributed by atoms with van der Waals surface area (Å²) in [6.45, 7) is 0.196. The van der Waals surface area contributed by atoms with Crippen LogP contribution in [0.2, 0.25) is 0 Å². The normalized spacial score (nSPS) is 18.5. The highest BCUT2D eigenvalue weighted by Crippen LogP contribution is 2.09. The largest absolute Gasteiger partial charge is 0.421 e. The predicted molar refractivity (Wildman–Crippen MR) is 85.7 cm³/mol. The number of nitrogens with two attached hydrogens (primary N) is 3. The highest BCUT2D eigenvalue weighted by atomic mass is 17.2. The fourth-order valence-corrected chi connectivity index (χ4v) is 1.58. The van der Waals surface area contributed by atoms with Crippen molar-refractivity contribution < 1.29 is 48.3 Å². The minimum absolute atomic E-state index is 0.0784. The lowest BCUT2D eigenvalue weighted by Gasteiger charge is -2.12. The first-order valence-corrected chi connectivity index (χ1v) is 7.76. The molecule has 14 nitrogen and oxygen atoms in total. The molecule has 1 rings (SSSR count). The Morgan fingerprint density at radius 1 is 1.07 bits per heavy atom. The molecule has 14 heteroatoms. The first-order chi connectivity index (χ1) is 13.2. The van der Waals surface area contributed by atoms with Gasteiger partial charge in [0.1, 0.15) is 6.04 Å². The van der Waals surface area contributed by atoms with Gasteiger partial charge in [0.05, 0.1) is 18.9 Å². The second-order valence-electron chi connectivity index (χ2n) is 5.17. The van der Waals surface area contributed by atoms with Crippen LogP contribution in [0.25, 0.3) is 0 Å². The van der Waals surface area contributed by atoms with Gasteiger partial charge in [0.15, 0.2) is 5.96 Å². The summed E-state index contributed by atoms with van der Waals surface area (Å²) in [6, 6.07) is -1.21. The zero-order valence-electron chi connectivity index (χ0n) is 14.5. The van der Waals surface area contributed by atoms with Crippen molar-refractivity contribution in [1.82, 2.24) is 0 Å². The maximum absolute atomic E-state index is 12.0. The number of carbonyl (C=O) groups excluding carboxylic acids is 5. The second-order valence-corrected chi connectivity index (χ2v) is 5.17. The highest BCUT2D eigenvalue weighted by molar-refractivity contribution is 5.97. The Balaban J connectivity index is 2.78. The van der Waals surface area contributed by atoms with E-state index in [0.29, 0.717) is 12.5 Å². The molecule has 0 bridgehead atoms. The molecule has 0 aliphatic carbocycles. The average Bonchev–Trinajstić information content (AvgIpc) is 2.64. The molecule has 1 heterocycles. The van der Waals surface area contributed by atoms with Crippen LogP contribution in [0.5, 0.6) is 0 Å².